The number of hydrogen-bond donors (Lipinski definition) is 2. The van der Waals surface area contributed by atoms with Gasteiger partial charge in [-0.3, -0.25) is 4.79 Å². The average molecular weight is 313 g/mol. The standard InChI is InChI=1S/C13H17BrN2O2/c1-8-4-5-16(7-12(8)17)13(18)10-3-2-9(14)6-11(10)15/h2-3,6,8,12,17H,4-5,7,15H2,1H3. The normalized spacial score (nSPS) is 24.1. The lowest BCUT2D eigenvalue weighted by Gasteiger charge is -2.34. The summed E-state index contributed by atoms with van der Waals surface area (Å²) in [6.07, 6.45) is 0.378. The number of aliphatic hydroxyl groups excluding tert-OH is 1. The lowest BCUT2D eigenvalue weighted by atomic mass is 9.95. The minimum absolute atomic E-state index is 0.106. The lowest BCUT2D eigenvalue weighted by molar-refractivity contribution is 0.0249. The van der Waals surface area contributed by atoms with Crippen molar-refractivity contribution in [2.24, 2.45) is 5.92 Å². The molecule has 1 aliphatic heterocycles. The molecule has 1 aromatic carbocycles. The molecule has 4 nitrogen and oxygen atoms in total. The van der Waals surface area contributed by atoms with Crippen molar-refractivity contribution in [2.75, 3.05) is 18.8 Å². The Morgan fingerprint density at radius 2 is 2.28 bits per heavy atom. The summed E-state index contributed by atoms with van der Waals surface area (Å²) in [5, 5.41) is 9.82. The van der Waals surface area contributed by atoms with Crippen LogP contribution in [0.5, 0.6) is 0 Å². The van der Waals surface area contributed by atoms with Gasteiger partial charge in [-0.05, 0) is 30.5 Å². The van der Waals surface area contributed by atoms with Gasteiger partial charge < -0.3 is 15.7 Å². The van der Waals surface area contributed by atoms with Crippen LogP contribution in [0.1, 0.15) is 23.7 Å². The van der Waals surface area contributed by atoms with E-state index in [-0.39, 0.29) is 11.8 Å². The number of halogens is 1. The Labute approximate surface area is 115 Å². The fourth-order valence-electron chi connectivity index (χ4n) is 2.13. The highest BCUT2D eigenvalue weighted by atomic mass is 79.9. The summed E-state index contributed by atoms with van der Waals surface area (Å²) in [4.78, 5) is 14.0. The Bertz CT molecular complexity index is 464. The number of hydrogen-bond acceptors (Lipinski definition) is 3. The minimum atomic E-state index is -0.445. The SMILES string of the molecule is CC1CCN(C(=O)c2ccc(Br)cc2N)CC1O. The van der Waals surface area contributed by atoms with Crippen molar-refractivity contribution in [1.82, 2.24) is 4.90 Å². The zero-order chi connectivity index (χ0) is 13.3. The number of benzene rings is 1. The van der Waals surface area contributed by atoms with E-state index in [0.717, 1.165) is 10.9 Å². The van der Waals surface area contributed by atoms with Gasteiger partial charge in [-0.1, -0.05) is 22.9 Å². The van der Waals surface area contributed by atoms with Gasteiger partial charge in [0.1, 0.15) is 0 Å². The monoisotopic (exact) mass is 312 g/mol. The first kappa shape index (κ1) is 13.4. The smallest absolute Gasteiger partial charge is 0.256 e. The van der Waals surface area contributed by atoms with Gasteiger partial charge in [0, 0.05) is 23.2 Å². The molecule has 2 atom stereocenters. The highest BCUT2D eigenvalue weighted by molar-refractivity contribution is 9.10. The number of β-amino-alcohol motifs (C(OH)–C–C–N with tert-alkyl or cyclic N) is 1. The molecule has 5 heteroatoms. The molecule has 0 aliphatic carbocycles. The number of piperidine rings is 1. The Kier molecular flexibility index (Phi) is 3.92. The summed E-state index contributed by atoms with van der Waals surface area (Å²) in [5.74, 6) is 0.141. The van der Waals surface area contributed by atoms with E-state index in [1.165, 1.54) is 0 Å². The maximum atomic E-state index is 12.3. The summed E-state index contributed by atoms with van der Waals surface area (Å²) in [7, 11) is 0. The van der Waals surface area contributed by atoms with Gasteiger partial charge in [0.25, 0.3) is 5.91 Å². The molecule has 0 bridgehead atoms. The minimum Gasteiger partial charge on any atom is -0.398 e. The first-order chi connectivity index (χ1) is 8.49. The lowest BCUT2D eigenvalue weighted by Crippen LogP contribution is -2.45. The zero-order valence-electron chi connectivity index (χ0n) is 10.3. The van der Waals surface area contributed by atoms with Gasteiger partial charge in [0.05, 0.1) is 11.7 Å². The van der Waals surface area contributed by atoms with Crippen LogP contribution in [0.15, 0.2) is 22.7 Å². The Balaban J connectivity index is 2.16. The molecular weight excluding hydrogens is 296 g/mol. The molecule has 0 radical (unpaired) electrons. The molecule has 1 aromatic rings. The van der Waals surface area contributed by atoms with Gasteiger partial charge in [-0.15, -0.1) is 0 Å². The van der Waals surface area contributed by atoms with E-state index in [4.69, 9.17) is 5.73 Å². The van der Waals surface area contributed by atoms with E-state index in [1.54, 1.807) is 23.1 Å². The van der Waals surface area contributed by atoms with Crippen molar-refractivity contribution in [3.05, 3.63) is 28.2 Å². The van der Waals surface area contributed by atoms with Crippen molar-refractivity contribution in [2.45, 2.75) is 19.4 Å². The van der Waals surface area contributed by atoms with Crippen LogP contribution in [0.2, 0.25) is 0 Å². The number of carbonyl (C=O) groups is 1. The van der Waals surface area contributed by atoms with Gasteiger partial charge in [0.2, 0.25) is 0 Å². The van der Waals surface area contributed by atoms with Crippen LogP contribution in [-0.2, 0) is 0 Å². The van der Waals surface area contributed by atoms with Crippen LogP contribution < -0.4 is 5.73 Å². The van der Waals surface area contributed by atoms with E-state index >= 15 is 0 Å². The van der Waals surface area contributed by atoms with Crippen LogP contribution >= 0.6 is 15.9 Å². The van der Waals surface area contributed by atoms with E-state index in [9.17, 15) is 9.90 Å². The molecule has 18 heavy (non-hydrogen) atoms. The molecule has 1 saturated heterocycles. The summed E-state index contributed by atoms with van der Waals surface area (Å²) >= 11 is 3.31. The second-order valence-corrected chi connectivity index (χ2v) is 5.73. The Morgan fingerprint density at radius 1 is 1.56 bits per heavy atom. The number of nitrogens with two attached hydrogens (primary N) is 1. The van der Waals surface area contributed by atoms with Crippen molar-refractivity contribution in [3.63, 3.8) is 0 Å². The molecule has 1 amide bonds. The number of aliphatic hydroxyl groups is 1. The van der Waals surface area contributed by atoms with Gasteiger partial charge in [-0.2, -0.15) is 0 Å². The quantitative estimate of drug-likeness (QED) is 0.778. The summed E-state index contributed by atoms with van der Waals surface area (Å²) in [5.41, 5.74) is 6.81. The second-order valence-electron chi connectivity index (χ2n) is 4.82. The topological polar surface area (TPSA) is 66.6 Å². The van der Waals surface area contributed by atoms with E-state index in [0.29, 0.717) is 24.3 Å². The Hall–Kier alpha value is -1.07. The molecular formula is C13H17BrN2O2. The largest absolute Gasteiger partial charge is 0.398 e. The molecule has 98 valence electrons. The summed E-state index contributed by atoms with van der Waals surface area (Å²) in [6, 6.07) is 5.23. The van der Waals surface area contributed by atoms with Crippen LogP contribution in [0.3, 0.4) is 0 Å². The van der Waals surface area contributed by atoms with Crippen LogP contribution in [0.25, 0.3) is 0 Å². The number of likely N-dealkylation sites (tertiary alicyclic amines) is 1. The van der Waals surface area contributed by atoms with Crippen LogP contribution in [0, 0.1) is 5.92 Å². The third kappa shape index (κ3) is 2.67. The molecule has 0 spiro atoms. The van der Waals surface area contributed by atoms with E-state index in [2.05, 4.69) is 15.9 Å². The maximum Gasteiger partial charge on any atom is 0.256 e. The predicted molar refractivity (Wildman–Crippen MR) is 74.2 cm³/mol. The first-order valence-corrected chi connectivity index (χ1v) is 6.80. The molecule has 0 aromatic heterocycles. The van der Waals surface area contributed by atoms with Crippen molar-refractivity contribution < 1.29 is 9.90 Å². The molecule has 3 N–H and O–H groups in total. The zero-order valence-corrected chi connectivity index (χ0v) is 11.9. The number of rotatable bonds is 1. The average Bonchev–Trinajstić information content (AvgIpc) is 2.32. The van der Waals surface area contributed by atoms with Crippen molar-refractivity contribution >= 4 is 27.5 Å². The van der Waals surface area contributed by atoms with E-state index < -0.39 is 6.10 Å². The third-order valence-corrected chi connectivity index (χ3v) is 3.94. The van der Waals surface area contributed by atoms with Gasteiger partial charge in [0.15, 0.2) is 0 Å². The van der Waals surface area contributed by atoms with Crippen molar-refractivity contribution in [1.29, 1.82) is 0 Å². The molecule has 1 heterocycles. The number of amides is 1. The maximum absolute atomic E-state index is 12.3. The number of nitrogens with zero attached hydrogens (tertiary/aromatic N) is 1. The fourth-order valence-corrected chi connectivity index (χ4v) is 2.51. The fraction of sp³-hybridized carbons (Fsp3) is 0.462. The Morgan fingerprint density at radius 3 is 2.89 bits per heavy atom. The number of nitrogen functional groups attached to an aromatic ring is 1. The van der Waals surface area contributed by atoms with Gasteiger partial charge >= 0.3 is 0 Å². The number of carbonyl (C=O) groups excluding carboxylic acids is 1. The highest BCUT2D eigenvalue weighted by Gasteiger charge is 2.28. The van der Waals surface area contributed by atoms with Crippen molar-refractivity contribution in [3.8, 4) is 0 Å². The first-order valence-electron chi connectivity index (χ1n) is 6.01. The van der Waals surface area contributed by atoms with Gasteiger partial charge in [-0.25, -0.2) is 0 Å². The third-order valence-electron chi connectivity index (χ3n) is 3.45. The molecule has 2 rings (SSSR count). The summed E-state index contributed by atoms with van der Waals surface area (Å²) in [6.45, 7) is 3.06. The van der Waals surface area contributed by atoms with E-state index in [1.807, 2.05) is 6.92 Å². The molecule has 1 fully saturated rings. The second kappa shape index (κ2) is 5.28. The highest BCUT2D eigenvalue weighted by Crippen LogP contribution is 2.23. The molecule has 2 unspecified atom stereocenters. The van der Waals surface area contributed by atoms with Crippen LogP contribution in [0.4, 0.5) is 5.69 Å². The summed E-state index contributed by atoms with van der Waals surface area (Å²) < 4.78 is 0.851. The molecule has 1 aliphatic rings. The molecule has 0 saturated carbocycles. The predicted octanol–water partition coefficient (Wildman–Crippen LogP) is 1.87. The van der Waals surface area contributed by atoms with Crippen LogP contribution in [-0.4, -0.2) is 35.1 Å². The number of anilines is 1.